The summed E-state index contributed by atoms with van der Waals surface area (Å²) in [5, 5.41) is 0. The van der Waals surface area contributed by atoms with Crippen LogP contribution in [0.2, 0.25) is 0 Å². The van der Waals surface area contributed by atoms with Crippen LogP contribution in [0.1, 0.15) is 49.0 Å². The summed E-state index contributed by atoms with van der Waals surface area (Å²) in [7, 11) is 3.58. The molecule has 0 aliphatic carbocycles. The average Bonchev–Trinajstić information content (AvgIpc) is 2.92. The van der Waals surface area contributed by atoms with E-state index >= 15 is 0 Å². The van der Waals surface area contributed by atoms with Crippen LogP contribution in [0.25, 0.3) is 0 Å². The number of fused-ring (bicyclic) bond motifs is 2. The molecule has 154 valence electrons. The van der Waals surface area contributed by atoms with Gasteiger partial charge in [-0.3, -0.25) is 9.59 Å². The number of nitrogens with zero attached hydrogens (tertiary/aromatic N) is 3. The molecule has 2 aliphatic rings. The highest BCUT2D eigenvalue weighted by atomic mass is 16.5. The molecule has 2 aliphatic heterocycles. The van der Waals surface area contributed by atoms with Crippen LogP contribution < -0.4 is 4.90 Å². The van der Waals surface area contributed by atoms with Crippen molar-refractivity contribution in [3.05, 3.63) is 29.3 Å². The van der Waals surface area contributed by atoms with Gasteiger partial charge in [0.15, 0.2) is 0 Å². The van der Waals surface area contributed by atoms with E-state index in [1.807, 2.05) is 44.0 Å². The molecule has 1 spiro atoms. The Labute approximate surface area is 168 Å². The Morgan fingerprint density at radius 2 is 1.89 bits per heavy atom. The number of piperidine rings is 1. The standard InChI is InChI=1S/C22H33N3O3/c1-5-25(6-2)20(26)17-8-9-19-18(16-17)22(21(27)23(19)3)10-13-24(14-11-22)12-7-15-28-4/h8-9,16H,5-7,10-15H2,1-4H3. The van der Waals surface area contributed by atoms with Gasteiger partial charge in [-0.15, -0.1) is 0 Å². The Balaban J connectivity index is 1.85. The molecular weight excluding hydrogens is 354 g/mol. The molecule has 28 heavy (non-hydrogen) atoms. The van der Waals surface area contributed by atoms with Crippen molar-refractivity contribution in [3.8, 4) is 0 Å². The zero-order valence-electron chi connectivity index (χ0n) is 17.7. The van der Waals surface area contributed by atoms with E-state index in [9.17, 15) is 9.59 Å². The first-order valence-electron chi connectivity index (χ1n) is 10.4. The summed E-state index contributed by atoms with van der Waals surface area (Å²) in [6.07, 6.45) is 2.62. The van der Waals surface area contributed by atoms with E-state index in [1.54, 1.807) is 12.0 Å². The topological polar surface area (TPSA) is 53.1 Å². The van der Waals surface area contributed by atoms with Crippen LogP contribution in [0.15, 0.2) is 18.2 Å². The maximum atomic E-state index is 13.2. The van der Waals surface area contributed by atoms with E-state index in [2.05, 4.69) is 4.90 Å². The molecule has 0 bridgehead atoms. The minimum atomic E-state index is -0.485. The highest BCUT2D eigenvalue weighted by molar-refractivity contribution is 6.09. The third-order valence-corrected chi connectivity index (χ3v) is 6.42. The number of anilines is 1. The molecule has 2 heterocycles. The molecule has 0 atom stereocenters. The fraction of sp³-hybridized carbons (Fsp3) is 0.636. The molecule has 1 saturated heterocycles. The number of carbonyl (C=O) groups is 2. The van der Waals surface area contributed by atoms with E-state index in [0.717, 1.165) is 56.8 Å². The van der Waals surface area contributed by atoms with Crippen LogP contribution in [-0.4, -0.2) is 75.1 Å². The summed E-state index contributed by atoms with van der Waals surface area (Å²) in [6.45, 7) is 8.93. The normalized spacial score (nSPS) is 18.6. The second-order valence-electron chi connectivity index (χ2n) is 7.84. The van der Waals surface area contributed by atoms with E-state index in [4.69, 9.17) is 4.74 Å². The highest BCUT2D eigenvalue weighted by Crippen LogP contribution is 2.47. The summed E-state index contributed by atoms with van der Waals surface area (Å²) in [6, 6.07) is 5.80. The molecule has 0 aromatic heterocycles. The summed E-state index contributed by atoms with van der Waals surface area (Å²) in [4.78, 5) is 32.1. The van der Waals surface area contributed by atoms with Gasteiger partial charge in [0.2, 0.25) is 5.91 Å². The number of amides is 2. The Morgan fingerprint density at radius 3 is 2.50 bits per heavy atom. The van der Waals surface area contributed by atoms with Gasteiger partial charge in [0.25, 0.3) is 5.91 Å². The molecule has 0 saturated carbocycles. The second kappa shape index (κ2) is 8.62. The molecule has 1 aromatic carbocycles. The van der Waals surface area contributed by atoms with Crippen LogP contribution in [-0.2, 0) is 14.9 Å². The van der Waals surface area contributed by atoms with Crippen molar-refractivity contribution in [2.45, 2.75) is 38.5 Å². The molecular formula is C22H33N3O3. The molecule has 1 fully saturated rings. The van der Waals surface area contributed by atoms with Crippen LogP contribution in [0.5, 0.6) is 0 Å². The summed E-state index contributed by atoms with van der Waals surface area (Å²) >= 11 is 0. The predicted octanol–water partition coefficient (Wildman–Crippen LogP) is 2.52. The van der Waals surface area contributed by atoms with Crippen molar-refractivity contribution in [1.29, 1.82) is 0 Å². The van der Waals surface area contributed by atoms with Crippen molar-refractivity contribution in [1.82, 2.24) is 9.80 Å². The fourth-order valence-corrected chi connectivity index (χ4v) is 4.66. The fourth-order valence-electron chi connectivity index (χ4n) is 4.66. The molecule has 6 nitrogen and oxygen atoms in total. The third kappa shape index (κ3) is 3.55. The van der Waals surface area contributed by atoms with Crippen LogP contribution >= 0.6 is 0 Å². The lowest BCUT2D eigenvalue weighted by Gasteiger charge is -2.38. The Morgan fingerprint density at radius 1 is 1.21 bits per heavy atom. The number of hydrogen-bond acceptors (Lipinski definition) is 4. The Kier molecular flexibility index (Phi) is 6.40. The SMILES string of the molecule is CCN(CC)C(=O)c1ccc2c(c1)C1(CCN(CCCOC)CC1)C(=O)N2C. The molecule has 1 aromatic rings. The van der Waals surface area contributed by atoms with Gasteiger partial charge in [-0.05, 0) is 70.0 Å². The van der Waals surface area contributed by atoms with Crippen molar-refractivity contribution < 1.29 is 14.3 Å². The number of ether oxygens (including phenoxy) is 1. The lowest BCUT2D eigenvalue weighted by atomic mass is 9.73. The molecule has 3 rings (SSSR count). The Bertz CT molecular complexity index is 722. The number of benzene rings is 1. The lowest BCUT2D eigenvalue weighted by molar-refractivity contribution is -0.124. The van der Waals surface area contributed by atoms with E-state index < -0.39 is 5.41 Å². The number of likely N-dealkylation sites (tertiary alicyclic amines) is 1. The molecule has 6 heteroatoms. The molecule has 0 N–H and O–H groups in total. The summed E-state index contributed by atoms with van der Waals surface area (Å²) < 4.78 is 5.15. The van der Waals surface area contributed by atoms with Crippen molar-refractivity contribution in [3.63, 3.8) is 0 Å². The van der Waals surface area contributed by atoms with Gasteiger partial charge in [0.05, 0.1) is 5.41 Å². The van der Waals surface area contributed by atoms with Crippen LogP contribution in [0.4, 0.5) is 5.69 Å². The number of methoxy groups -OCH3 is 1. The van der Waals surface area contributed by atoms with Gasteiger partial charge in [-0.25, -0.2) is 0 Å². The first-order valence-corrected chi connectivity index (χ1v) is 10.4. The first-order chi connectivity index (χ1) is 13.5. The number of likely N-dealkylation sites (N-methyl/N-ethyl adjacent to an activating group) is 1. The van der Waals surface area contributed by atoms with Gasteiger partial charge < -0.3 is 19.4 Å². The summed E-state index contributed by atoms with van der Waals surface area (Å²) in [5.41, 5.74) is 2.19. The van der Waals surface area contributed by atoms with Crippen molar-refractivity contribution in [2.75, 3.05) is 58.4 Å². The second-order valence-corrected chi connectivity index (χ2v) is 7.84. The lowest BCUT2D eigenvalue weighted by Crippen LogP contribution is -2.48. The van der Waals surface area contributed by atoms with Gasteiger partial charge in [0, 0.05) is 51.6 Å². The largest absolute Gasteiger partial charge is 0.385 e. The first kappa shape index (κ1) is 20.8. The smallest absolute Gasteiger partial charge is 0.253 e. The minimum absolute atomic E-state index is 0.0435. The number of carbonyl (C=O) groups excluding carboxylic acids is 2. The summed E-state index contributed by atoms with van der Waals surface area (Å²) in [5.74, 6) is 0.216. The molecule has 0 unspecified atom stereocenters. The number of rotatable bonds is 7. The van der Waals surface area contributed by atoms with E-state index in [0.29, 0.717) is 18.7 Å². The van der Waals surface area contributed by atoms with E-state index in [-0.39, 0.29) is 11.8 Å². The zero-order valence-corrected chi connectivity index (χ0v) is 17.7. The van der Waals surface area contributed by atoms with Gasteiger partial charge in [-0.2, -0.15) is 0 Å². The molecule has 0 radical (unpaired) electrons. The van der Waals surface area contributed by atoms with Gasteiger partial charge in [-0.1, -0.05) is 0 Å². The molecule has 2 amide bonds. The monoisotopic (exact) mass is 387 g/mol. The minimum Gasteiger partial charge on any atom is -0.385 e. The maximum absolute atomic E-state index is 13.2. The Hall–Kier alpha value is -1.92. The van der Waals surface area contributed by atoms with Gasteiger partial charge in [0.1, 0.15) is 0 Å². The van der Waals surface area contributed by atoms with Gasteiger partial charge >= 0.3 is 0 Å². The number of hydrogen-bond donors (Lipinski definition) is 0. The predicted molar refractivity (Wildman–Crippen MR) is 111 cm³/mol. The average molecular weight is 388 g/mol. The zero-order chi connectivity index (χ0) is 20.3. The van der Waals surface area contributed by atoms with E-state index in [1.165, 1.54) is 0 Å². The maximum Gasteiger partial charge on any atom is 0.253 e. The van der Waals surface area contributed by atoms with Crippen LogP contribution in [0.3, 0.4) is 0 Å². The highest BCUT2D eigenvalue weighted by Gasteiger charge is 2.51. The quantitative estimate of drug-likeness (QED) is 0.675. The van der Waals surface area contributed by atoms with Crippen molar-refractivity contribution >= 4 is 17.5 Å². The van der Waals surface area contributed by atoms with Crippen molar-refractivity contribution in [2.24, 2.45) is 0 Å². The third-order valence-electron chi connectivity index (χ3n) is 6.42. The van der Waals surface area contributed by atoms with Crippen LogP contribution in [0, 0.1) is 0 Å².